The summed E-state index contributed by atoms with van der Waals surface area (Å²) in [5.41, 5.74) is 2.89. The van der Waals surface area contributed by atoms with Crippen LogP contribution in [0.5, 0.6) is 5.19 Å². The average molecular weight is 613 g/mol. The molecule has 3 heterocycles. The quantitative estimate of drug-likeness (QED) is 0.197. The number of rotatable bonds is 5. The second-order valence-corrected chi connectivity index (χ2v) is 13.1. The molecule has 0 N–H and O–H groups in total. The summed E-state index contributed by atoms with van der Waals surface area (Å²) in [7, 11) is 2.51. The van der Waals surface area contributed by atoms with Crippen molar-refractivity contribution in [3.63, 3.8) is 0 Å². The molecule has 0 spiro atoms. The molecule has 206 valence electrons. The number of anilines is 1. The van der Waals surface area contributed by atoms with Crippen molar-refractivity contribution in [2.75, 3.05) is 25.7 Å². The molecule has 2 aliphatic heterocycles. The zero-order chi connectivity index (χ0) is 28.8. The highest BCUT2D eigenvalue weighted by Crippen LogP contribution is 2.56. The van der Waals surface area contributed by atoms with Gasteiger partial charge in [0.15, 0.2) is 6.61 Å². The number of hydrogen-bond donors (Lipinski definition) is 0. The molecule has 0 saturated carbocycles. The highest BCUT2D eigenvalue weighted by atomic mass is 32.2. The number of fused-ring (bicyclic) bond motifs is 2. The summed E-state index contributed by atoms with van der Waals surface area (Å²) in [6, 6.07) is 13.4. The van der Waals surface area contributed by atoms with Gasteiger partial charge < -0.3 is 14.2 Å². The minimum absolute atomic E-state index is 0.138. The molecule has 8 nitrogen and oxygen atoms in total. The van der Waals surface area contributed by atoms with Crippen molar-refractivity contribution in [3.05, 3.63) is 67.6 Å². The minimum Gasteiger partial charge on any atom is -0.465 e. The van der Waals surface area contributed by atoms with Crippen LogP contribution in [0.3, 0.4) is 0 Å². The third kappa shape index (κ3) is 4.93. The molecular weight excluding hydrogens is 589 g/mol. The number of nitrogens with zero attached hydrogens (tertiary/aromatic N) is 2. The van der Waals surface area contributed by atoms with Crippen molar-refractivity contribution < 1.29 is 28.6 Å². The van der Waals surface area contributed by atoms with Gasteiger partial charge >= 0.3 is 11.9 Å². The number of thiocarbonyl (C=S) groups is 1. The van der Waals surface area contributed by atoms with Gasteiger partial charge in [0.25, 0.3) is 11.1 Å². The molecule has 1 amide bonds. The number of carbonyl (C=O) groups excluding carboxylic acids is 3. The molecule has 0 atom stereocenters. The first-order chi connectivity index (χ1) is 19.1. The Labute approximate surface area is 248 Å². The molecule has 0 aliphatic carbocycles. The van der Waals surface area contributed by atoms with Crippen LogP contribution in [-0.4, -0.2) is 54.1 Å². The number of carbonyl (C=O) groups is 3. The number of thioether (sulfide) groups is 2. The summed E-state index contributed by atoms with van der Waals surface area (Å²) < 4.78 is 17.3. The van der Waals surface area contributed by atoms with Crippen molar-refractivity contribution in [3.8, 4) is 5.19 Å². The van der Waals surface area contributed by atoms with E-state index in [0.29, 0.717) is 25.6 Å². The van der Waals surface area contributed by atoms with Gasteiger partial charge in [-0.1, -0.05) is 70.8 Å². The monoisotopic (exact) mass is 612 g/mol. The Balaban J connectivity index is 1.53. The Bertz CT molecular complexity index is 1590. The normalized spacial score (nSPS) is 16.3. The molecule has 0 saturated heterocycles. The first-order valence-electron chi connectivity index (χ1n) is 12.0. The fraction of sp³-hybridized carbons (Fsp3) is 0.250. The largest absolute Gasteiger partial charge is 0.465 e. The first-order valence-corrected chi connectivity index (χ1v) is 14.9. The standard InChI is InChI=1S/C28H24N2O6S4/c1-14-10-11-17-15(12-14)20(26-39-21(24(32)34-4)22(40-26)25(33)35-5)23(37)28(2,3)30(17)19(31)13-36-27-29-16-8-6-7-9-18(16)38-27/h6-12H,13H2,1-5H3. The molecule has 5 rings (SSSR count). The third-order valence-corrected chi connectivity index (χ3v) is 10.6. The van der Waals surface area contributed by atoms with E-state index >= 15 is 0 Å². The number of esters is 2. The molecule has 0 bridgehead atoms. The number of benzene rings is 2. The van der Waals surface area contributed by atoms with Crippen LogP contribution < -0.4 is 9.64 Å². The van der Waals surface area contributed by atoms with E-state index in [9.17, 15) is 14.4 Å². The SMILES string of the molecule is COC(=O)C1=C(C(=O)OC)SC(=C2C(=S)C(C)(C)N(C(=O)COc3nc4ccccc4s3)c3ccc(C)cc32)S1. The predicted molar refractivity (Wildman–Crippen MR) is 164 cm³/mol. The summed E-state index contributed by atoms with van der Waals surface area (Å²) >= 11 is 9.64. The molecular formula is C28H24N2O6S4. The molecule has 0 unspecified atom stereocenters. The lowest BCUT2D eigenvalue weighted by Crippen LogP contribution is -2.57. The number of para-hydroxylation sites is 1. The van der Waals surface area contributed by atoms with Gasteiger partial charge in [0, 0.05) is 11.1 Å². The smallest absolute Gasteiger partial charge is 0.346 e. The van der Waals surface area contributed by atoms with E-state index in [1.807, 2.05) is 63.2 Å². The molecule has 0 radical (unpaired) electrons. The molecule has 1 aromatic heterocycles. The summed E-state index contributed by atoms with van der Waals surface area (Å²) in [4.78, 5) is 45.7. The number of hydrogen-bond acceptors (Lipinski definition) is 11. The molecule has 2 aromatic carbocycles. The van der Waals surface area contributed by atoms with Crippen LogP contribution >= 0.6 is 47.1 Å². The number of aromatic nitrogens is 1. The number of amides is 1. The lowest BCUT2D eigenvalue weighted by Gasteiger charge is -2.45. The fourth-order valence-electron chi connectivity index (χ4n) is 4.48. The average Bonchev–Trinajstić information content (AvgIpc) is 3.56. The highest BCUT2D eigenvalue weighted by Gasteiger charge is 2.46. The summed E-state index contributed by atoms with van der Waals surface area (Å²) in [5.74, 6) is -1.55. The van der Waals surface area contributed by atoms with E-state index in [1.54, 1.807) is 4.90 Å². The maximum atomic E-state index is 13.7. The van der Waals surface area contributed by atoms with Crippen LogP contribution in [0.4, 0.5) is 5.69 Å². The van der Waals surface area contributed by atoms with Crippen molar-refractivity contribution in [2.24, 2.45) is 0 Å². The van der Waals surface area contributed by atoms with Gasteiger partial charge in [0.2, 0.25) is 0 Å². The van der Waals surface area contributed by atoms with Gasteiger partial charge in [-0.3, -0.25) is 9.69 Å². The second kappa shape index (κ2) is 11.0. The van der Waals surface area contributed by atoms with Crippen molar-refractivity contribution >= 4 is 91.3 Å². The summed E-state index contributed by atoms with van der Waals surface area (Å²) in [6.45, 7) is 5.46. The van der Waals surface area contributed by atoms with E-state index in [2.05, 4.69) is 4.98 Å². The summed E-state index contributed by atoms with van der Waals surface area (Å²) in [6.07, 6.45) is 0. The van der Waals surface area contributed by atoms with Gasteiger partial charge in [-0.15, -0.1) is 0 Å². The van der Waals surface area contributed by atoms with E-state index in [1.165, 1.54) is 25.6 Å². The zero-order valence-electron chi connectivity index (χ0n) is 22.2. The van der Waals surface area contributed by atoms with E-state index in [-0.39, 0.29) is 22.3 Å². The maximum Gasteiger partial charge on any atom is 0.346 e. The third-order valence-electron chi connectivity index (χ3n) is 6.39. The zero-order valence-corrected chi connectivity index (χ0v) is 25.5. The Morgan fingerprint density at radius 3 is 2.27 bits per heavy atom. The topological polar surface area (TPSA) is 95.0 Å². The number of methoxy groups -OCH3 is 2. The van der Waals surface area contributed by atoms with Crippen LogP contribution in [0, 0.1) is 6.92 Å². The fourth-order valence-corrected chi connectivity index (χ4v) is 8.33. The van der Waals surface area contributed by atoms with Gasteiger partial charge in [0.05, 0.1) is 44.8 Å². The number of ether oxygens (including phenoxy) is 3. The maximum absolute atomic E-state index is 13.7. The summed E-state index contributed by atoms with van der Waals surface area (Å²) in [5, 5.41) is 0.411. The van der Waals surface area contributed by atoms with E-state index in [0.717, 1.165) is 44.9 Å². The van der Waals surface area contributed by atoms with E-state index in [4.69, 9.17) is 26.4 Å². The number of thiazole rings is 1. The van der Waals surface area contributed by atoms with Crippen molar-refractivity contribution in [1.29, 1.82) is 0 Å². The highest BCUT2D eigenvalue weighted by molar-refractivity contribution is 8.29. The lowest BCUT2D eigenvalue weighted by atomic mass is 9.83. The Kier molecular flexibility index (Phi) is 7.79. The minimum atomic E-state index is -0.936. The molecule has 3 aromatic rings. The number of aryl methyl sites for hydroxylation is 1. The van der Waals surface area contributed by atoms with Crippen LogP contribution in [0.25, 0.3) is 15.8 Å². The Hall–Kier alpha value is -3.19. The predicted octanol–water partition coefficient (Wildman–Crippen LogP) is 5.89. The molecule has 12 heteroatoms. The van der Waals surface area contributed by atoms with E-state index < -0.39 is 17.5 Å². The molecule has 2 aliphatic rings. The van der Waals surface area contributed by atoms with Crippen LogP contribution in [0.2, 0.25) is 0 Å². The Morgan fingerprint density at radius 2 is 1.65 bits per heavy atom. The van der Waals surface area contributed by atoms with Crippen LogP contribution in [0.1, 0.15) is 25.0 Å². The van der Waals surface area contributed by atoms with Crippen LogP contribution in [0.15, 0.2) is 56.5 Å². The van der Waals surface area contributed by atoms with Gasteiger partial charge in [-0.2, -0.15) is 0 Å². The van der Waals surface area contributed by atoms with Gasteiger partial charge in [-0.05, 0) is 45.0 Å². The van der Waals surface area contributed by atoms with Crippen molar-refractivity contribution in [1.82, 2.24) is 4.98 Å². The van der Waals surface area contributed by atoms with Gasteiger partial charge in [-0.25, -0.2) is 14.6 Å². The first kappa shape index (κ1) is 28.3. The van der Waals surface area contributed by atoms with Crippen LogP contribution in [-0.2, 0) is 23.9 Å². The molecule has 0 fully saturated rings. The second-order valence-electron chi connectivity index (χ2n) is 9.38. The van der Waals surface area contributed by atoms with Crippen molar-refractivity contribution in [2.45, 2.75) is 26.3 Å². The van der Waals surface area contributed by atoms with Gasteiger partial charge in [0.1, 0.15) is 9.81 Å². The molecule has 40 heavy (non-hydrogen) atoms. The Morgan fingerprint density at radius 1 is 1.00 bits per heavy atom. The lowest BCUT2D eigenvalue weighted by molar-refractivity contribution is -0.138.